The molecule has 3 aromatic rings. The van der Waals surface area contributed by atoms with Crippen molar-refractivity contribution in [2.24, 2.45) is 0 Å². The van der Waals surface area contributed by atoms with Gasteiger partial charge in [0, 0.05) is 5.39 Å². The number of pyridine rings is 1. The molecule has 1 N–H and O–H groups in total. The third-order valence-corrected chi connectivity index (χ3v) is 3.59. The van der Waals surface area contributed by atoms with Crippen molar-refractivity contribution in [1.29, 1.82) is 0 Å². The van der Waals surface area contributed by atoms with Gasteiger partial charge in [-0.1, -0.05) is 30.3 Å². The molecule has 0 aliphatic heterocycles. The first-order valence-corrected chi connectivity index (χ1v) is 7.09. The molecule has 0 atom stereocenters. The summed E-state index contributed by atoms with van der Waals surface area (Å²) in [6.45, 7) is 2.02. The lowest BCUT2D eigenvalue weighted by atomic mass is 10.1. The van der Waals surface area contributed by atoms with E-state index in [4.69, 9.17) is 4.74 Å². The summed E-state index contributed by atoms with van der Waals surface area (Å²) in [5, 5.41) is 10.8. The van der Waals surface area contributed by atoms with Gasteiger partial charge in [0.1, 0.15) is 17.0 Å². The molecule has 3 nitrogen and oxygen atoms in total. The number of fused-ring (bicyclic) bond motifs is 1. The number of methoxy groups -OCH3 is 1. The number of hydrogen-bond acceptors (Lipinski definition) is 3. The van der Waals surface area contributed by atoms with Gasteiger partial charge in [0.2, 0.25) is 0 Å². The molecule has 22 heavy (non-hydrogen) atoms. The van der Waals surface area contributed by atoms with Crippen LogP contribution in [0.4, 0.5) is 0 Å². The Morgan fingerprint density at radius 3 is 2.68 bits per heavy atom. The molecule has 1 aromatic heterocycles. The number of nitrogens with zero attached hydrogens (tertiary/aromatic N) is 1. The van der Waals surface area contributed by atoms with E-state index < -0.39 is 0 Å². The molecule has 0 aliphatic carbocycles. The first-order valence-electron chi connectivity index (χ1n) is 7.09. The van der Waals surface area contributed by atoms with Gasteiger partial charge in [0.05, 0.1) is 12.8 Å². The zero-order valence-corrected chi connectivity index (χ0v) is 12.6. The minimum atomic E-state index is 0.202. The molecule has 3 rings (SSSR count). The Morgan fingerprint density at radius 1 is 1.05 bits per heavy atom. The summed E-state index contributed by atoms with van der Waals surface area (Å²) in [7, 11) is 1.67. The lowest BCUT2D eigenvalue weighted by molar-refractivity contribution is 0.411. The minimum Gasteiger partial charge on any atom is -0.506 e. The highest BCUT2D eigenvalue weighted by Crippen LogP contribution is 2.23. The summed E-state index contributed by atoms with van der Waals surface area (Å²) >= 11 is 0. The minimum absolute atomic E-state index is 0.202. The van der Waals surface area contributed by atoms with Crippen molar-refractivity contribution in [2.75, 3.05) is 7.11 Å². The number of ether oxygens (including phenoxy) is 1. The normalized spacial score (nSPS) is 11.2. The van der Waals surface area contributed by atoms with Gasteiger partial charge < -0.3 is 9.84 Å². The molecule has 110 valence electrons. The summed E-state index contributed by atoms with van der Waals surface area (Å²) in [5.74, 6) is 1.08. The quantitative estimate of drug-likeness (QED) is 0.776. The molecule has 1 heterocycles. The summed E-state index contributed by atoms with van der Waals surface area (Å²) in [4.78, 5) is 4.48. The Kier molecular flexibility index (Phi) is 3.79. The number of rotatable bonds is 3. The molecule has 0 fully saturated rings. The van der Waals surface area contributed by atoms with E-state index >= 15 is 0 Å². The van der Waals surface area contributed by atoms with Crippen LogP contribution in [0.3, 0.4) is 0 Å². The van der Waals surface area contributed by atoms with E-state index in [0.717, 1.165) is 28.0 Å². The van der Waals surface area contributed by atoms with Crippen LogP contribution >= 0.6 is 0 Å². The van der Waals surface area contributed by atoms with E-state index in [1.54, 1.807) is 13.2 Å². The van der Waals surface area contributed by atoms with Crippen molar-refractivity contribution in [3.8, 4) is 11.5 Å². The van der Waals surface area contributed by atoms with Gasteiger partial charge >= 0.3 is 0 Å². The van der Waals surface area contributed by atoms with Crippen LogP contribution in [-0.2, 0) is 0 Å². The van der Waals surface area contributed by atoms with Gasteiger partial charge in [-0.25, -0.2) is 4.98 Å². The molecule has 0 radical (unpaired) electrons. The first kappa shape index (κ1) is 14.1. The summed E-state index contributed by atoms with van der Waals surface area (Å²) in [6, 6.07) is 15.3. The third-order valence-electron chi connectivity index (χ3n) is 3.59. The topological polar surface area (TPSA) is 42.4 Å². The van der Waals surface area contributed by atoms with Gasteiger partial charge in [-0.15, -0.1) is 0 Å². The van der Waals surface area contributed by atoms with Crippen molar-refractivity contribution in [2.45, 2.75) is 6.92 Å². The molecular formula is C19H17NO2. The number of aromatic hydroxyl groups is 1. The largest absolute Gasteiger partial charge is 0.506 e. The predicted octanol–water partition coefficient (Wildman–Crippen LogP) is 4.43. The van der Waals surface area contributed by atoms with Crippen LogP contribution < -0.4 is 4.74 Å². The van der Waals surface area contributed by atoms with Crippen molar-refractivity contribution < 1.29 is 9.84 Å². The Hall–Kier alpha value is -2.81. The lowest BCUT2D eigenvalue weighted by Gasteiger charge is -2.05. The second-order valence-electron chi connectivity index (χ2n) is 5.15. The van der Waals surface area contributed by atoms with Crippen molar-refractivity contribution in [1.82, 2.24) is 4.98 Å². The number of para-hydroxylation sites is 1. The van der Waals surface area contributed by atoms with Crippen LogP contribution in [0.5, 0.6) is 11.5 Å². The molecule has 0 spiro atoms. The average molecular weight is 291 g/mol. The highest BCUT2D eigenvalue weighted by atomic mass is 16.5. The maximum atomic E-state index is 9.87. The second kappa shape index (κ2) is 5.90. The van der Waals surface area contributed by atoms with Crippen LogP contribution in [0.1, 0.15) is 16.8 Å². The van der Waals surface area contributed by atoms with Crippen molar-refractivity contribution in [3.63, 3.8) is 0 Å². The SMILES string of the molecule is COc1ccc(/C=C/c2ccc3cccc(O)c3n2)cc1C. The molecule has 0 aliphatic rings. The maximum absolute atomic E-state index is 9.87. The molecule has 2 aromatic carbocycles. The van der Waals surface area contributed by atoms with Crippen molar-refractivity contribution >= 4 is 23.1 Å². The van der Waals surface area contributed by atoms with Gasteiger partial charge in [0.25, 0.3) is 0 Å². The maximum Gasteiger partial charge on any atom is 0.141 e. The van der Waals surface area contributed by atoms with E-state index in [9.17, 15) is 5.11 Å². The zero-order chi connectivity index (χ0) is 15.5. The van der Waals surface area contributed by atoms with E-state index in [2.05, 4.69) is 11.1 Å². The molecule has 0 saturated carbocycles. The highest BCUT2D eigenvalue weighted by molar-refractivity contribution is 5.85. The van der Waals surface area contributed by atoms with E-state index in [-0.39, 0.29) is 5.75 Å². The van der Waals surface area contributed by atoms with Gasteiger partial charge in [0.15, 0.2) is 0 Å². The average Bonchev–Trinajstić information content (AvgIpc) is 2.53. The summed E-state index contributed by atoms with van der Waals surface area (Å²) in [6.07, 6.45) is 3.94. The molecule has 0 amide bonds. The molecule has 0 bridgehead atoms. The highest BCUT2D eigenvalue weighted by Gasteiger charge is 2.01. The molecule has 0 saturated heterocycles. The van der Waals surface area contributed by atoms with Crippen LogP contribution in [0.15, 0.2) is 48.5 Å². The predicted molar refractivity (Wildman–Crippen MR) is 90.1 cm³/mol. The number of hydrogen-bond donors (Lipinski definition) is 1. The number of benzene rings is 2. The van der Waals surface area contributed by atoms with E-state index in [1.807, 2.05) is 55.5 Å². The van der Waals surface area contributed by atoms with Crippen LogP contribution in [0.2, 0.25) is 0 Å². The fourth-order valence-corrected chi connectivity index (χ4v) is 2.43. The number of aromatic nitrogens is 1. The van der Waals surface area contributed by atoms with Crippen LogP contribution in [0, 0.1) is 6.92 Å². The van der Waals surface area contributed by atoms with Crippen LogP contribution in [0.25, 0.3) is 23.1 Å². The van der Waals surface area contributed by atoms with E-state index in [1.165, 1.54) is 0 Å². The number of phenols is 1. The Labute approximate surface area is 129 Å². The van der Waals surface area contributed by atoms with Crippen LogP contribution in [-0.4, -0.2) is 17.2 Å². The van der Waals surface area contributed by atoms with Crippen molar-refractivity contribution in [3.05, 3.63) is 65.4 Å². The summed E-state index contributed by atoms with van der Waals surface area (Å²) < 4.78 is 5.26. The summed E-state index contributed by atoms with van der Waals surface area (Å²) in [5.41, 5.74) is 3.60. The molecule has 0 unspecified atom stereocenters. The fourth-order valence-electron chi connectivity index (χ4n) is 2.43. The van der Waals surface area contributed by atoms with Gasteiger partial charge in [-0.2, -0.15) is 0 Å². The third kappa shape index (κ3) is 2.79. The second-order valence-corrected chi connectivity index (χ2v) is 5.15. The monoisotopic (exact) mass is 291 g/mol. The lowest BCUT2D eigenvalue weighted by Crippen LogP contribution is -1.87. The van der Waals surface area contributed by atoms with Gasteiger partial charge in [-0.05, 0) is 48.4 Å². The Bertz CT molecular complexity index is 853. The standard InChI is InChI=1S/C19H17NO2/c1-13-12-14(7-11-18(13)22-2)6-9-16-10-8-15-4-3-5-17(21)19(15)20-16/h3-12,21H,1-2H3/b9-6+. The van der Waals surface area contributed by atoms with Gasteiger partial charge in [-0.3, -0.25) is 0 Å². The molecule has 3 heteroatoms. The smallest absolute Gasteiger partial charge is 0.141 e. The number of phenolic OH excluding ortho intramolecular Hbond substituents is 1. The number of aryl methyl sites for hydroxylation is 1. The zero-order valence-electron chi connectivity index (χ0n) is 12.6. The fraction of sp³-hybridized carbons (Fsp3) is 0.105. The molecular weight excluding hydrogens is 274 g/mol. The Morgan fingerprint density at radius 2 is 1.91 bits per heavy atom. The first-order chi connectivity index (χ1) is 10.7. The van der Waals surface area contributed by atoms with E-state index in [0.29, 0.717) is 5.52 Å². The Balaban J connectivity index is 1.92.